The minimum atomic E-state index is -4.07. The topological polar surface area (TPSA) is 3.24 Å². The van der Waals surface area contributed by atoms with E-state index in [0.717, 1.165) is 5.56 Å². The Morgan fingerprint density at radius 3 is 2.32 bits per heavy atom. The summed E-state index contributed by atoms with van der Waals surface area (Å²) in [7, 11) is 0. The van der Waals surface area contributed by atoms with E-state index in [4.69, 9.17) is 0 Å². The molecule has 1 aliphatic rings. The highest BCUT2D eigenvalue weighted by Crippen LogP contribution is 2.42. The van der Waals surface area contributed by atoms with Crippen LogP contribution in [0.4, 0.5) is 13.2 Å². The quantitative estimate of drug-likeness (QED) is 0.770. The molecule has 0 bridgehead atoms. The van der Waals surface area contributed by atoms with E-state index in [2.05, 4.69) is 4.90 Å². The van der Waals surface area contributed by atoms with Gasteiger partial charge in [0.25, 0.3) is 0 Å². The third kappa shape index (κ3) is 3.30. The van der Waals surface area contributed by atoms with Gasteiger partial charge in [0.05, 0.1) is 5.92 Å². The van der Waals surface area contributed by atoms with Crippen LogP contribution in [0.1, 0.15) is 38.3 Å². The largest absolute Gasteiger partial charge is 0.391 e. The zero-order valence-corrected chi connectivity index (χ0v) is 11.3. The van der Waals surface area contributed by atoms with Crippen LogP contribution in [-0.4, -0.2) is 23.7 Å². The first-order chi connectivity index (χ1) is 8.89. The number of benzene rings is 1. The van der Waals surface area contributed by atoms with E-state index in [1.807, 2.05) is 44.2 Å². The molecule has 2 atom stereocenters. The van der Waals surface area contributed by atoms with E-state index in [0.29, 0.717) is 6.54 Å². The summed E-state index contributed by atoms with van der Waals surface area (Å²) in [6.45, 7) is 4.61. The molecule has 1 saturated heterocycles. The second-order valence-electron chi connectivity index (χ2n) is 5.52. The Morgan fingerprint density at radius 1 is 1.16 bits per heavy atom. The van der Waals surface area contributed by atoms with Gasteiger partial charge in [0, 0.05) is 12.1 Å². The Bertz CT molecular complexity index is 400. The molecule has 0 saturated carbocycles. The normalized spacial score (nSPS) is 25.8. The molecular formula is C15H20F3N. The van der Waals surface area contributed by atoms with E-state index < -0.39 is 12.1 Å². The number of piperidine rings is 1. The van der Waals surface area contributed by atoms with Crippen LogP contribution in [0, 0.1) is 5.92 Å². The van der Waals surface area contributed by atoms with Crippen LogP contribution in [-0.2, 0) is 0 Å². The molecule has 1 fully saturated rings. The Labute approximate surface area is 112 Å². The van der Waals surface area contributed by atoms with Crippen LogP contribution >= 0.6 is 0 Å². The lowest BCUT2D eigenvalue weighted by molar-refractivity contribution is -0.191. The first-order valence-electron chi connectivity index (χ1n) is 6.77. The number of halogens is 3. The van der Waals surface area contributed by atoms with Crippen LogP contribution in [0.2, 0.25) is 0 Å². The van der Waals surface area contributed by atoms with Gasteiger partial charge in [-0.25, -0.2) is 0 Å². The molecular weight excluding hydrogens is 251 g/mol. The molecule has 1 aromatic rings. The van der Waals surface area contributed by atoms with Crippen LogP contribution < -0.4 is 0 Å². The zero-order chi connectivity index (χ0) is 14.0. The molecule has 4 heteroatoms. The lowest BCUT2D eigenvalue weighted by Crippen LogP contribution is -2.44. The first-order valence-corrected chi connectivity index (χ1v) is 6.77. The second kappa shape index (κ2) is 5.53. The molecule has 1 nitrogen and oxygen atoms in total. The molecule has 0 spiro atoms. The lowest BCUT2D eigenvalue weighted by atomic mass is 9.86. The van der Waals surface area contributed by atoms with Crippen molar-refractivity contribution in [1.29, 1.82) is 0 Å². The summed E-state index contributed by atoms with van der Waals surface area (Å²) in [5.41, 5.74) is 0.991. The van der Waals surface area contributed by atoms with Crippen molar-refractivity contribution >= 4 is 0 Å². The molecule has 0 amide bonds. The van der Waals surface area contributed by atoms with Gasteiger partial charge in [-0.15, -0.1) is 0 Å². The van der Waals surface area contributed by atoms with Crippen molar-refractivity contribution in [2.75, 3.05) is 6.54 Å². The fourth-order valence-corrected chi connectivity index (χ4v) is 2.90. The third-order valence-electron chi connectivity index (χ3n) is 3.95. The maximum Gasteiger partial charge on any atom is 0.391 e. The van der Waals surface area contributed by atoms with Crippen molar-refractivity contribution in [3.63, 3.8) is 0 Å². The lowest BCUT2D eigenvalue weighted by Gasteiger charge is -2.42. The number of alkyl halides is 3. The molecule has 0 aromatic heterocycles. The van der Waals surface area contributed by atoms with Gasteiger partial charge in [0.1, 0.15) is 0 Å². The molecule has 1 aliphatic heterocycles. The number of rotatable bonds is 2. The van der Waals surface area contributed by atoms with E-state index in [9.17, 15) is 13.2 Å². The van der Waals surface area contributed by atoms with Crippen molar-refractivity contribution in [2.24, 2.45) is 5.92 Å². The molecule has 106 valence electrons. The highest BCUT2D eigenvalue weighted by molar-refractivity contribution is 5.20. The van der Waals surface area contributed by atoms with Crippen LogP contribution in [0.25, 0.3) is 0 Å². The van der Waals surface area contributed by atoms with E-state index >= 15 is 0 Å². The monoisotopic (exact) mass is 271 g/mol. The Morgan fingerprint density at radius 2 is 1.79 bits per heavy atom. The first kappa shape index (κ1) is 14.4. The smallest absolute Gasteiger partial charge is 0.294 e. The van der Waals surface area contributed by atoms with Gasteiger partial charge in [0.15, 0.2) is 0 Å². The molecule has 19 heavy (non-hydrogen) atoms. The summed E-state index contributed by atoms with van der Waals surface area (Å²) in [5.74, 6) is -1.17. The number of likely N-dealkylation sites (tertiary alicyclic amines) is 1. The summed E-state index contributed by atoms with van der Waals surface area (Å²) in [5, 5.41) is 0. The molecule has 0 radical (unpaired) electrons. The molecule has 0 unspecified atom stereocenters. The van der Waals surface area contributed by atoms with Gasteiger partial charge in [-0.3, -0.25) is 4.90 Å². The minimum Gasteiger partial charge on any atom is -0.294 e. The van der Waals surface area contributed by atoms with Crippen molar-refractivity contribution in [3.8, 4) is 0 Å². The van der Waals surface area contributed by atoms with E-state index in [1.165, 1.54) is 0 Å². The number of nitrogens with zero attached hydrogens (tertiary/aromatic N) is 1. The average Bonchev–Trinajstić information content (AvgIpc) is 2.38. The SMILES string of the molecule is CC(C)N1CC[C@H](C(F)(F)F)C[C@@H]1c1ccccc1. The number of hydrogen-bond acceptors (Lipinski definition) is 1. The minimum absolute atomic E-state index is 0.124. The van der Waals surface area contributed by atoms with Crippen LogP contribution in [0.15, 0.2) is 30.3 Å². The third-order valence-corrected chi connectivity index (χ3v) is 3.95. The predicted octanol–water partition coefficient (Wildman–Crippen LogP) is 4.41. The Balaban J connectivity index is 2.23. The highest BCUT2D eigenvalue weighted by atomic mass is 19.4. The number of hydrogen-bond donors (Lipinski definition) is 0. The summed E-state index contributed by atoms with van der Waals surface area (Å²) >= 11 is 0. The average molecular weight is 271 g/mol. The van der Waals surface area contributed by atoms with E-state index in [1.54, 1.807) is 0 Å². The van der Waals surface area contributed by atoms with E-state index in [-0.39, 0.29) is 24.9 Å². The summed E-state index contributed by atoms with van der Waals surface area (Å²) in [6.07, 6.45) is -3.69. The van der Waals surface area contributed by atoms with Crippen LogP contribution in [0.5, 0.6) is 0 Å². The highest BCUT2D eigenvalue weighted by Gasteiger charge is 2.44. The second-order valence-corrected chi connectivity index (χ2v) is 5.52. The molecule has 1 heterocycles. The van der Waals surface area contributed by atoms with Crippen molar-refractivity contribution in [3.05, 3.63) is 35.9 Å². The standard InChI is InChI=1S/C15H20F3N/c1-11(2)19-9-8-13(15(16,17)18)10-14(19)12-6-4-3-5-7-12/h3-7,11,13-14H,8-10H2,1-2H3/t13-,14+/m0/s1. The molecule has 0 aliphatic carbocycles. The fraction of sp³-hybridized carbons (Fsp3) is 0.600. The van der Waals surface area contributed by atoms with Crippen molar-refractivity contribution in [1.82, 2.24) is 4.90 Å². The van der Waals surface area contributed by atoms with Gasteiger partial charge >= 0.3 is 6.18 Å². The molecule has 1 aromatic carbocycles. The van der Waals surface area contributed by atoms with Crippen LogP contribution in [0.3, 0.4) is 0 Å². The zero-order valence-electron chi connectivity index (χ0n) is 11.3. The molecule has 0 N–H and O–H groups in total. The predicted molar refractivity (Wildman–Crippen MR) is 69.8 cm³/mol. The summed E-state index contributed by atoms with van der Waals surface area (Å²) < 4.78 is 38.8. The Hall–Kier alpha value is -1.03. The maximum atomic E-state index is 12.9. The van der Waals surface area contributed by atoms with Gasteiger partial charge in [-0.2, -0.15) is 13.2 Å². The van der Waals surface area contributed by atoms with Gasteiger partial charge in [-0.1, -0.05) is 30.3 Å². The summed E-state index contributed by atoms with van der Waals surface area (Å²) in [6, 6.07) is 9.68. The maximum absolute atomic E-state index is 12.9. The fourth-order valence-electron chi connectivity index (χ4n) is 2.90. The summed E-state index contributed by atoms with van der Waals surface area (Å²) in [4.78, 5) is 2.18. The van der Waals surface area contributed by atoms with Gasteiger partial charge in [-0.05, 0) is 38.8 Å². The Kier molecular flexibility index (Phi) is 4.19. The van der Waals surface area contributed by atoms with Gasteiger partial charge in [0.2, 0.25) is 0 Å². The molecule has 2 rings (SSSR count). The van der Waals surface area contributed by atoms with Crippen molar-refractivity contribution in [2.45, 2.75) is 44.9 Å². The van der Waals surface area contributed by atoms with Crippen molar-refractivity contribution < 1.29 is 13.2 Å². The van der Waals surface area contributed by atoms with Gasteiger partial charge < -0.3 is 0 Å².